The smallest absolute Gasteiger partial charge is 0.263 e. The number of amides is 1. The van der Waals surface area contributed by atoms with Gasteiger partial charge in [-0.2, -0.15) is 5.26 Å². The number of rotatable bonds is 2. The SMILES string of the molecule is C=C(C#N)C(=O)N1CCCC(C)(C(C)C)CC1. The minimum absolute atomic E-state index is 0.0538. The molecule has 3 nitrogen and oxygen atoms in total. The van der Waals surface area contributed by atoms with Crippen molar-refractivity contribution in [3.05, 3.63) is 12.2 Å². The molecule has 1 amide bonds. The summed E-state index contributed by atoms with van der Waals surface area (Å²) in [5, 5.41) is 8.70. The maximum Gasteiger partial charge on any atom is 0.263 e. The summed E-state index contributed by atoms with van der Waals surface area (Å²) in [5.41, 5.74) is 0.362. The number of carbonyl (C=O) groups excluding carboxylic acids is 1. The molecule has 1 unspecified atom stereocenters. The molecular formula is C14H22N2O. The van der Waals surface area contributed by atoms with Crippen LogP contribution in [0.5, 0.6) is 0 Å². The third-order valence-corrected chi connectivity index (χ3v) is 4.20. The number of hydrogen-bond acceptors (Lipinski definition) is 2. The van der Waals surface area contributed by atoms with Crippen LogP contribution in [-0.2, 0) is 4.79 Å². The first-order valence-corrected chi connectivity index (χ1v) is 6.29. The maximum absolute atomic E-state index is 11.9. The van der Waals surface area contributed by atoms with Crippen LogP contribution in [0.3, 0.4) is 0 Å². The first-order chi connectivity index (χ1) is 7.90. The molecule has 0 aliphatic carbocycles. The molecule has 0 aromatic heterocycles. The van der Waals surface area contributed by atoms with E-state index in [0.717, 1.165) is 32.4 Å². The minimum Gasteiger partial charge on any atom is -0.338 e. The summed E-state index contributed by atoms with van der Waals surface area (Å²) < 4.78 is 0. The average Bonchev–Trinajstić information content (AvgIpc) is 2.50. The summed E-state index contributed by atoms with van der Waals surface area (Å²) in [6.45, 7) is 11.8. The zero-order chi connectivity index (χ0) is 13.1. The van der Waals surface area contributed by atoms with Gasteiger partial charge in [-0.05, 0) is 30.6 Å². The number of carbonyl (C=O) groups is 1. The van der Waals surface area contributed by atoms with Crippen molar-refractivity contribution in [3.8, 4) is 6.07 Å². The first kappa shape index (κ1) is 13.8. The highest BCUT2D eigenvalue weighted by atomic mass is 16.2. The molecule has 0 aromatic rings. The van der Waals surface area contributed by atoms with Crippen LogP contribution in [0.2, 0.25) is 0 Å². The van der Waals surface area contributed by atoms with Gasteiger partial charge in [0, 0.05) is 13.1 Å². The van der Waals surface area contributed by atoms with Crippen molar-refractivity contribution in [2.75, 3.05) is 13.1 Å². The van der Waals surface area contributed by atoms with E-state index in [0.29, 0.717) is 11.3 Å². The Balaban J connectivity index is 2.69. The molecule has 0 bridgehead atoms. The molecule has 94 valence electrons. The van der Waals surface area contributed by atoms with Crippen LogP contribution in [0.25, 0.3) is 0 Å². The Labute approximate surface area is 104 Å². The van der Waals surface area contributed by atoms with E-state index < -0.39 is 0 Å². The molecule has 3 heteroatoms. The van der Waals surface area contributed by atoms with Crippen LogP contribution in [0.15, 0.2) is 12.2 Å². The Kier molecular flexibility index (Phi) is 4.34. The fourth-order valence-electron chi connectivity index (χ4n) is 2.32. The Morgan fingerprint density at radius 2 is 2.06 bits per heavy atom. The van der Waals surface area contributed by atoms with Crippen molar-refractivity contribution < 1.29 is 4.79 Å². The maximum atomic E-state index is 11.9. The summed E-state index contributed by atoms with van der Waals surface area (Å²) >= 11 is 0. The van der Waals surface area contributed by atoms with E-state index in [2.05, 4.69) is 27.4 Å². The summed E-state index contributed by atoms with van der Waals surface area (Å²) in [6.07, 6.45) is 3.17. The van der Waals surface area contributed by atoms with Crippen LogP contribution in [0.1, 0.15) is 40.0 Å². The Morgan fingerprint density at radius 3 is 2.59 bits per heavy atom. The predicted molar refractivity (Wildman–Crippen MR) is 68.1 cm³/mol. The molecule has 0 aromatic carbocycles. The molecule has 1 atom stereocenters. The average molecular weight is 234 g/mol. The molecule has 1 aliphatic heterocycles. The molecule has 0 N–H and O–H groups in total. The molecule has 0 radical (unpaired) electrons. The van der Waals surface area contributed by atoms with E-state index in [4.69, 9.17) is 5.26 Å². The molecule has 0 spiro atoms. The van der Waals surface area contributed by atoms with Crippen molar-refractivity contribution in [1.82, 2.24) is 4.90 Å². The Morgan fingerprint density at radius 1 is 1.41 bits per heavy atom. The molecule has 1 rings (SSSR count). The Bertz CT molecular complexity index is 354. The van der Waals surface area contributed by atoms with Crippen LogP contribution >= 0.6 is 0 Å². The highest BCUT2D eigenvalue weighted by Gasteiger charge is 2.32. The molecule has 1 aliphatic rings. The van der Waals surface area contributed by atoms with Crippen molar-refractivity contribution in [2.45, 2.75) is 40.0 Å². The van der Waals surface area contributed by atoms with E-state index in [1.165, 1.54) is 0 Å². The fraction of sp³-hybridized carbons (Fsp3) is 0.714. The van der Waals surface area contributed by atoms with E-state index in [-0.39, 0.29) is 11.5 Å². The first-order valence-electron chi connectivity index (χ1n) is 6.29. The third kappa shape index (κ3) is 3.09. The second kappa shape index (κ2) is 5.35. The van der Waals surface area contributed by atoms with Gasteiger partial charge < -0.3 is 4.90 Å². The van der Waals surface area contributed by atoms with Crippen LogP contribution in [0, 0.1) is 22.7 Å². The zero-order valence-corrected chi connectivity index (χ0v) is 11.1. The third-order valence-electron chi connectivity index (χ3n) is 4.20. The number of nitrogens with zero attached hydrogens (tertiary/aromatic N) is 2. The lowest BCUT2D eigenvalue weighted by Crippen LogP contribution is -2.33. The van der Waals surface area contributed by atoms with Crippen LogP contribution in [0.4, 0.5) is 0 Å². The molecule has 1 fully saturated rings. The van der Waals surface area contributed by atoms with Gasteiger partial charge in [0.2, 0.25) is 0 Å². The lowest BCUT2D eigenvalue weighted by molar-refractivity contribution is -0.126. The highest BCUT2D eigenvalue weighted by molar-refractivity contribution is 5.96. The van der Waals surface area contributed by atoms with Crippen molar-refractivity contribution >= 4 is 5.91 Å². The number of nitriles is 1. The molecule has 17 heavy (non-hydrogen) atoms. The molecular weight excluding hydrogens is 212 g/mol. The van der Waals surface area contributed by atoms with Crippen molar-refractivity contribution in [2.24, 2.45) is 11.3 Å². The predicted octanol–water partition coefficient (Wildman–Crippen LogP) is 2.74. The van der Waals surface area contributed by atoms with Crippen molar-refractivity contribution in [1.29, 1.82) is 5.26 Å². The van der Waals surface area contributed by atoms with E-state index in [9.17, 15) is 4.79 Å². The normalized spacial score (nSPS) is 25.2. The van der Waals surface area contributed by atoms with Gasteiger partial charge in [0.1, 0.15) is 11.6 Å². The Hall–Kier alpha value is -1.30. The van der Waals surface area contributed by atoms with Gasteiger partial charge in [-0.15, -0.1) is 0 Å². The van der Waals surface area contributed by atoms with E-state index >= 15 is 0 Å². The fourth-order valence-corrected chi connectivity index (χ4v) is 2.32. The van der Waals surface area contributed by atoms with Gasteiger partial charge >= 0.3 is 0 Å². The highest BCUT2D eigenvalue weighted by Crippen LogP contribution is 2.38. The van der Waals surface area contributed by atoms with Gasteiger partial charge in [-0.3, -0.25) is 4.79 Å². The minimum atomic E-state index is -0.194. The topological polar surface area (TPSA) is 44.1 Å². The van der Waals surface area contributed by atoms with Gasteiger partial charge in [0.25, 0.3) is 5.91 Å². The van der Waals surface area contributed by atoms with Gasteiger partial charge in [-0.1, -0.05) is 27.4 Å². The summed E-state index contributed by atoms with van der Waals surface area (Å²) in [6, 6.07) is 1.84. The van der Waals surface area contributed by atoms with Gasteiger partial charge in [0.05, 0.1) is 0 Å². The summed E-state index contributed by atoms with van der Waals surface area (Å²) in [4.78, 5) is 13.6. The lowest BCUT2D eigenvalue weighted by atomic mass is 9.73. The molecule has 0 saturated carbocycles. The standard InChI is InChI=1S/C14H22N2O/c1-11(2)14(4)6-5-8-16(9-7-14)13(17)12(3)10-15/h11H,3,5-9H2,1-2,4H3. The van der Waals surface area contributed by atoms with E-state index in [1.54, 1.807) is 4.90 Å². The van der Waals surface area contributed by atoms with Gasteiger partial charge in [-0.25, -0.2) is 0 Å². The monoisotopic (exact) mass is 234 g/mol. The van der Waals surface area contributed by atoms with Crippen LogP contribution in [-0.4, -0.2) is 23.9 Å². The largest absolute Gasteiger partial charge is 0.338 e. The molecule has 1 heterocycles. The van der Waals surface area contributed by atoms with E-state index in [1.807, 2.05) is 6.07 Å². The second-order valence-corrected chi connectivity index (χ2v) is 5.54. The lowest BCUT2D eigenvalue weighted by Gasteiger charge is -2.32. The molecule has 1 saturated heterocycles. The second-order valence-electron chi connectivity index (χ2n) is 5.54. The summed E-state index contributed by atoms with van der Waals surface area (Å²) in [5.74, 6) is 0.428. The number of hydrogen-bond donors (Lipinski definition) is 0. The quantitative estimate of drug-likeness (QED) is 0.544. The van der Waals surface area contributed by atoms with Crippen molar-refractivity contribution in [3.63, 3.8) is 0 Å². The van der Waals surface area contributed by atoms with Crippen LogP contribution < -0.4 is 0 Å². The number of likely N-dealkylation sites (tertiary alicyclic amines) is 1. The zero-order valence-electron chi connectivity index (χ0n) is 11.1. The summed E-state index contributed by atoms with van der Waals surface area (Å²) in [7, 11) is 0. The van der Waals surface area contributed by atoms with Gasteiger partial charge in [0.15, 0.2) is 0 Å².